The lowest BCUT2D eigenvalue weighted by molar-refractivity contribution is -0.111. The molecule has 0 N–H and O–H groups in total. The van der Waals surface area contributed by atoms with Crippen LogP contribution in [0.3, 0.4) is 0 Å². The Kier molecular flexibility index (Phi) is 11.1. The van der Waals surface area contributed by atoms with E-state index in [1.54, 1.807) is 0 Å². The lowest BCUT2D eigenvalue weighted by Gasteiger charge is -2.21. The van der Waals surface area contributed by atoms with E-state index in [1.807, 2.05) is 0 Å². The van der Waals surface area contributed by atoms with Gasteiger partial charge in [0.05, 0.1) is 0 Å². The van der Waals surface area contributed by atoms with Gasteiger partial charge >= 0.3 is 0 Å². The minimum atomic E-state index is -1.15. The highest BCUT2D eigenvalue weighted by Crippen LogP contribution is 2.22. The maximum absolute atomic E-state index is 10.8. The molecule has 0 saturated carbocycles. The highest BCUT2D eigenvalue weighted by atomic mass is 35.5. The first-order chi connectivity index (χ1) is 8.48. The Morgan fingerprint density at radius 2 is 1.39 bits per heavy atom. The van der Waals surface area contributed by atoms with E-state index in [0.717, 1.165) is 6.04 Å². The zero-order valence-electron chi connectivity index (χ0n) is 12.6. The third kappa shape index (κ3) is 12.6. The van der Waals surface area contributed by atoms with Crippen molar-refractivity contribution in [2.24, 2.45) is 0 Å². The molecule has 0 bridgehead atoms. The first kappa shape index (κ1) is 18.2. The summed E-state index contributed by atoms with van der Waals surface area (Å²) in [6.45, 7) is 7.03. The second-order valence-corrected chi connectivity index (χ2v) is 12.0. The summed E-state index contributed by atoms with van der Waals surface area (Å²) in [7, 11) is -1.15. The SMILES string of the molecule is CCCCCCCCCC[Si](C)(C)CCC(=O)Cl. The molecule has 0 aliphatic rings. The first-order valence-corrected chi connectivity index (χ1v) is 11.5. The van der Waals surface area contributed by atoms with Crippen molar-refractivity contribution >= 4 is 24.9 Å². The summed E-state index contributed by atoms with van der Waals surface area (Å²) < 4.78 is 0. The average molecular weight is 291 g/mol. The van der Waals surface area contributed by atoms with Gasteiger partial charge in [0, 0.05) is 14.5 Å². The maximum atomic E-state index is 10.8. The van der Waals surface area contributed by atoms with Gasteiger partial charge in [0.2, 0.25) is 5.24 Å². The van der Waals surface area contributed by atoms with Crippen LogP contribution in [-0.4, -0.2) is 13.3 Å². The Morgan fingerprint density at radius 3 is 1.89 bits per heavy atom. The Hall–Kier alpha value is 0.177. The van der Waals surface area contributed by atoms with Gasteiger partial charge in [-0.3, -0.25) is 4.79 Å². The van der Waals surface area contributed by atoms with E-state index in [2.05, 4.69) is 20.0 Å². The number of unbranched alkanes of at least 4 members (excludes halogenated alkanes) is 7. The van der Waals surface area contributed by atoms with Crippen LogP contribution < -0.4 is 0 Å². The Labute approximate surface area is 120 Å². The number of hydrogen-bond donors (Lipinski definition) is 0. The monoisotopic (exact) mass is 290 g/mol. The van der Waals surface area contributed by atoms with Crippen molar-refractivity contribution in [3.63, 3.8) is 0 Å². The van der Waals surface area contributed by atoms with Crippen LogP contribution in [0, 0.1) is 0 Å². The molecule has 0 saturated heterocycles. The van der Waals surface area contributed by atoms with Gasteiger partial charge in [-0.2, -0.15) is 0 Å². The molecular weight excluding hydrogens is 260 g/mol. The van der Waals surface area contributed by atoms with Crippen LogP contribution >= 0.6 is 11.6 Å². The lowest BCUT2D eigenvalue weighted by atomic mass is 10.1. The molecule has 3 heteroatoms. The van der Waals surface area contributed by atoms with Crippen LogP contribution in [0.5, 0.6) is 0 Å². The number of hydrogen-bond acceptors (Lipinski definition) is 1. The van der Waals surface area contributed by atoms with Crippen LogP contribution in [0.15, 0.2) is 0 Å². The molecule has 0 aromatic carbocycles. The minimum Gasteiger partial charge on any atom is -0.281 e. The minimum absolute atomic E-state index is 0.161. The predicted octanol–water partition coefficient (Wildman–Crippen LogP) is 5.99. The van der Waals surface area contributed by atoms with Crippen LogP contribution in [0.2, 0.25) is 25.2 Å². The Bertz CT molecular complexity index is 217. The number of rotatable bonds is 12. The van der Waals surface area contributed by atoms with Crippen molar-refractivity contribution < 1.29 is 4.79 Å². The molecule has 0 heterocycles. The van der Waals surface area contributed by atoms with Gasteiger partial charge < -0.3 is 0 Å². The van der Waals surface area contributed by atoms with Gasteiger partial charge in [-0.15, -0.1) is 0 Å². The third-order valence-corrected chi connectivity index (χ3v) is 7.21. The van der Waals surface area contributed by atoms with E-state index < -0.39 is 8.07 Å². The topological polar surface area (TPSA) is 17.1 Å². The summed E-state index contributed by atoms with van der Waals surface area (Å²) in [5, 5.41) is -0.161. The smallest absolute Gasteiger partial charge is 0.221 e. The molecule has 0 aliphatic carbocycles. The van der Waals surface area contributed by atoms with Crippen molar-refractivity contribution in [3.8, 4) is 0 Å². The molecule has 1 nitrogen and oxygen atoms in total. The van der Waals surface area contributed by atoms with E-state index in [1.165, 1.54) is 57.4 Å². The van der Waals surface area contributed by atoms with Gasteiger partial charge in [-0.1, -0.05) is 77.4 Å². The van der Waals surface area contributed by atoms with E-state index >= 15 is 0 Å². The molecular formula is C15H31ClOSi. The standard InChI is InChI=1S/C15H31ClOSi/c1-4-5-6-7-8-9-10-11-13-18(2,3)14-12-15(16)17/h4-14H2,1-3H3. The molecule has 0 aromatic rings. The quantitative estimate of drug-likeness (QED) is 0.245. The molecule has 0 unspecified atom stereocenters. The molecule has 0 spiro atoms. The van der Waals surface area contributed by atoms with Crippen LogP contribution in [0.4, 0.5) is 0 Å². The Morgan fingerprint density at radius 1 is 0.889 bits per heavy atom. The molecule has 0 amide bonds. The first-order valence-electron chi connectivity index (χ1n) is 7.66. The fraction of sp³-hybridized carbons (Fsp3) is 0.933. The lowest BCUT2D eigenvalue weighted by Crippen LogP contribution is -2.25. The highest BCUT2D eigenvalue weighted by Gasteiger charge is 2.20. The summed E-state index contributed by atoms with van der Waals surface area (Å²) in [6, 6.07) is 2.41. The molecule has 0 aliphatic heterocycles. The molecule has 0 rings (SSSR count). The molecule has 0 atom stereocenters. The zero-order valence-corrected chi connectivity index (χ0v) is 14.3. The maximum Gasteiger partial charge on any atom is 0.221 e. The number of carbonyl (C=O) groups excluding carboxylic acids is 1. The number of halogens is 1. The predicted molar refractivity (Wildman–Crippen MR) is 85.2 cm³/mol. The fourth-order valence-corrected chi connectivity index (χ4v) is 4.91. The van der Waals surface area contributed by atoms with Gasteiger partial charge in [0.25, 0.3) is 0 Å². The van der Waals surface area contributed by atoms with E-state index in [9.17, 15) is 4.79 Å². The molecule has 0 fully saturated rings. The van der Waals surface area contributed by atoms with Crippen molar-refractivity contribution in [2.75, 3.05) is 0 Å². The second kappa shape index (κ2) is 11.0. The van der Waals surface area contributed by atoms with Gasteiger partial charge in [0.15, 0.2) is 0 Å². The largest absolute Gasteiger partial charge is 0.281 e. The highest BCUT2D eigenvalue weighted by molar-refractivity contribution is 6.78. The molecule has 0 aromatic heterocycles. The molecule has 0 radical (unpaired) electrons. The third-order valence-electron chi connectivity index (χ3n) is 3.71. The molecule has 18 heavy (non-hydrogen) atoms. The summed E-state index contributed by atoms with van der Waals surface area (Å²) in [5.74, 6) is 0. The van der Waals surface area contributed by atoms with Gasteiger partial charge in [0.1, 0.15) is 0 Å². The second-order valence-electron chi connectivity index (χ2n) is 6.24. The van der Waals surface area contributed by atoms with Gasteiger partial charge in [-0.05, 0) is 17.6 Å². The van der Waals surface area contributed by atoms with Crippen molar-refractivity contribution in [1.82, 2.24) is 0 Å². The van der Waals surface area contributed by atoms with Crippen molar-refractivity contribution in [2.45, 2.75) is 89.9 Å². The van der Waals surface area contributed by atoms with E-state index in [0.29, 0.717) is 6.42 Å². The number of carbonyl (C=O) groups is 1. The average Bonchev–Trinajstić information content (AvgIpc) is 2.30. The van der Waals surface area contributed by atoms with Crippen molar-refractivity contribution in [3.05, 3.63) is 0 Å². The van der Waals surface area contributed by atoms with E-state index in [-0.39, 0.29) is 5.24 Å². The summed E-state index contributed by atoms with van der Waals surface area (Å²) in [4.78, 5) is 10.8. The van der Waals surface area contributed by atoms with Crippen LogP contribution in [-0.2, 0) is 4.79 Å². The van der Waals surface area contributed by atoms with E-state index in [4.69, 9.17) is 11.6 Å². The molecule has 108 valence electrons. The normalized spacial score (nSPS) is 11.8. The Balaban J connectivity index is 3.38. The summed E-state index contributed by atoms with van der Waals surface area (Å²) in [6.07, 6.45) is 11.7. The van der Waals surface area contributed by atoms with Crippen LogP contribution in [0.25, 0.3) is 0 Å². The van der Waals surface area contributed by atoms with Gasteiger partial charge in [-0.25, -0.2) is 0 Å². The van der Waals surface area contributed by atoms with Crippen molar-refractivity contribution in [1.29, 1.82) is 0 Å². The summed E-state index contributed by atoms with van der Waals surface area (Å²) in [5.41, 5.74) is 0. The van der Waals surface area contributed by atoms with Crippen LogP contribution in [0.1, 0.15) is 64.7 Å². The zero-order chi connectivity index (χ0) is 13.9. The summed E-state index contributed by atoms with van der Waals surface area (Å²) >= 11 is 5.41. The fourth-order valence-electron chi connectivity index (χ4n) is 2.30.